The number of fused-ring (bicyclic) bond motifs is 1. The molecule has 3 rings (SSSR count). The van der Waals surface area contributed by atoms with Crippen LogP contribution in [0, 0.1) is 6.92 Å². The number of aliphatic imine (C=N–C) groups is 1. The van der Waals surface area contributed by atoms with E-state index in [1.807, 2.05) is 0 Å². The summed E-state index contributed by atoms with van der Waals surface area (Å²) in [6.07, 6.45) is 3.44. The lowest BCUT2D eigenvalue weighted by molar-refractivity contribution is 0.508. The second-order valence-corrected chi connectivity index (χ2v) is 7.18. The quantitative estimate of drug-likeness (QED) is 0.541. The molecule has 0 saturated heterocycles. The second-order valence-electron chi connectivity index (χ2n) is 7.18. The molecule has 0 unspecified atom stereocenters. The van der Waals surface area contributed by atoms with Gasteiger partial charge in [-0.1, -0.05) is 12.1 Å². The molecule has 2 N–H and O–H groups in total. The van der Waals surface area contributed by atoms with Crippen molar-refractivity contribution in [1.82, 2.24) is 25.4 Å². The van der Waals surface area contributed by atoms with Gasteiger partial charge >= 0.3 is 0 Å². The van der Waals surface area contributed by atoms with Crippen molar-refractivity contribution in [2.75, 3.05) is 31.1 Å². The van der Waals surface area contributed by atoms with Crippen LogP contribution in [0.1, 0.15) is 43.9 Å². The minimum Gasteiger partial charge on any atom is -0.370 e. The number of rotatable bonds is 8. The third-order valence-corrected chi connectivity index (χ3v) is 5.08. The third kappa shape index (κ3) is 5.24. The van der Waals surface area contributed by atoms with Gasteiger partial charge in [0.15, 0.2) is 11.8 Å². The number of nitrogens with one attached hydrogen (secondary N) is 2. The Labute approximate surface area is 168 Å². The first kappa shape index (κ1) is 20.2. The molecule has 0 saturated carbocycles. The van der Waals surface area contributed by atoms with Crippen LogP contribution >= 0.6 is 0 Å². The zero-order chi connectivity index (χ0) is 19.8. The summed E-state index contributed by atoms with van der Waals surface area (Å²) >= 11 is 0. The van der Waals surface area contributed by atoms with Crippen LogP contribution in [0.15, 0.2) is 29.3 Å². The maximum Gasteiger partial charge on any atom is 0.191 e. The molecule has 1 aromatic heterocycles. The molecule has 0 aliphatic carbocycles. The predicted octanol–water partition coefficient (Wildman–Crippen LogP) is 2.50. The number of hydrogen-bond acceptors (Lipinski definition) is 4. The normalized spacial score (nSPS) is 13.9. The Morgan fingerprint density at radius 1 is 1.21 bits per heavy atom. The second kappa shape index (κ2) is 10.1. The van der Waals surface area contributed by atoms with Crippen molar-refractivity contribution in [3.8, 4) is 0 Å². The SMILES string of the molecule is CCNC(=NCc1nnc2n1CCCC2)NCCN(CC)c1cccc(C)c1. The minimum absolute atomic E-state index is 0.553. The molecule has 28 heavy (non-hydrogen) atoms. The molecule has 2 aromatic rings. The first-order valence-electron chi connectivity index (χ1n) is 10.5. The number of guanidine groups is 1. The molecule has 0 amide bonds. The van der Waals surface area contributed by atoms with Crippen molar-refractivity contribution in [2.45, 2.75) is 53.1 Å². The first-order chi connectivity index (χ1) is 13.7. The standard InChI is InChI=1S/C21H33N7/c1-4-22-21(24-16-20-26-25-19-11-6-7-13-28(19)20)23-12-14-27(5-2)18-10-8-9-17(3)15-18/h8-10,15H,4-7,11-14,16H2,1-3H3,(H2,22,23,24). The van der Waals surface area contributed by atoms with Crippen LogP contribution < -0.4 is 15.5 Å². The average molecular weight is 384 g/mol. The van der Waals surface area contributed by atoms with Crippen molar-refractivity contribution < 1.29 is 0 Å². The molecule has 1 aromatic carbocycles. The van der Waals surface area contributed by atoms with Crippen molar-refractivity contribution >= 4 is 11.6 Å². The molecule has 7 heteroatoms. The summed E-state index contributed by atoms with van der Waals surface area (Å²) in [4.78, 5) is 7.10. The Kier molecular flexibility index (Phi) is 7.28. The summed E-state index contributed by atoms with van der Waals surface area (Å²) in [7, 11) is 0. The fourth-order valence-corrected chi connectivity index (χ4v) is 3.58. The molecule has 0 fully saturated rings. The summed E-state index contributed by atoms with van der Waals surface area (Å²) in [6, 6.07) is 8.65. The Morgan fingerprint density at radius 2 is 2.11 bits per heavy atom. The first-order valence-corrected chi connectivity index (χ1v) is 10.5. The number of nitrogens with zero attached hydrogens (tertiary/aromatic N) is 5. The number of aromatic nitrogens is 3. The summed E-state index contributed by atoms with van der Waals surface area (Å²) in [5, 5.41) is 15.4. The van der Waals surface area contributed by atoms with Gasteiger partial charge in [0.05, 0.1) is 0 Å². The molecule has 152 valence electrons. The zero-order valence-electron chi connectivity index (χ0n) is 17.4. The zero-order valence-corrected chi connectivity index (χ0v) is 17.4. The van der Waals surface area contributed by atoms with Gasteiger partial charge in [-0.25, -0.2) is 4.99 Å². The molecule has 0 radical (unpaired) electrons. The largest absolute Gasteiger partial charge is 0.370 e. The lowest BCUT2D eigenvalue weighted by Crippen LogP contribution is -2.41. The van der Waals surface area contributed by atoms with Gasteiger partial charge in [0, 0.05) is 44.8 Å². The van der Waals surface area contributed by atoms with Gasteiger partial charge in [0.2, 0.25) is 0 Å². The van der Waals surface area contributed by atoms with Crippen LogP contribution in [0.2, 0.25) is 0 Å². The molecule has 0 atom stereocenters. The van der Waals surface area contributed by atoms with E-state index in [0.29, 0.717) is 6.54 Å². The van der Waals surface area contributed by atoms with Crippen molar-refractivity contribution in [3.05, 3.63) is 41.5 Å². The number of anilines is 1. The molecule has 0 spiro atoms. The van der Waals surface area contributed by atoms with E-state index < -0.39 is 0 Å². The van der Waals surface area contributed by atoms with E-state index in [1.54, 1.807) is 0 Å². The lowest BCUT2D eigenvalue weighted by atomic mass is 10.2. The minimum atomic E-state index is 0.553. The fraction of sp³-hybridized carbons (Fsp3) is 0.571. The summed E-state index contributed by atoms with van der Waals surface area (Å²) in [5.74, 6) is 2.89. The monoisotopic (exact) mass is 383 g/mol. The highest BCUT2D eigenvalue weighted by molar-refractivity contribution is 5.79. The van der Waals surface area contributed by atoms with Gasteiger partial charge in [-0.2, -0.15) is 0 Å². The van der Waals surface area contributed by atoms with Crippen LogP contribution in [0.4, 0.5) is 5.69 Å². The number of aryl methyl sites for hydroxylation is 2. The van der Waals surface area contributed by atoms with E-state index in [4.69, 9.17) is 4.99 Å². The van der Waals surface area contributed by atoms with Gasteiger partial charge < -0.3 is 20.1 Å². The molecule has 1 aliphatic heterocycles. The van der Waals surface area contributed by atoms with Crippen molar-refractivity contribution in [3.63, 3.8) is 0 Å². The third-order valence-electron chi connectivity index (χ3n) is 5.08. The number of likely N-dealkylation sites (N-methyl/N-ethyl adjacent to an activating group) is 1. The van der Waals surface area contributed by atoms with E-state index in [9.17, 15) is 0 Å². The molecular formula is C21H33N7. The van der Waals surface area contributed by atoms with Crippen LogP contribution in [-0.4, -0.2) is 46.9 Å². The highest BCUT2D eigenvalue weighted by Gasteiger charge is 2.15. The van der Waals surface area contributed by atoms with Gasteiger partial charge in [0.25, 0.3) is 0 Å². The topological polar surface area (TPSA) is 70.4 Å². The Balaban J connectivity index is 1.56. The van der Waals surface area contributed by atoms with Gasteiger partial charge in [0.1, 0.15) is 12.4 Å². The van der Waals surface area contributed by atoms with Gasteiger partial charge in [-0.3, -0.25) is 0 Å². The van der Waals surface area contributed by atoms with Crippen LogP contribution in [0.25, 0.3) is 0 Å². The maximum absolute atomic E-state index is 4.73. The number of hydrogen-bond donors (Lipinski definition) is 2. The molecular weight excluding hydrogens is 350 g/mol. The predicted molar refractivity (Wildman–Crippen MR) is 115 cm³/mol. The molecule has 2 heterocycles. The summed E-state index contributed by atoms with van der Waals surface area (Å²) in [6.45, 7) is 11.5. The fourth-order valence-electron chi connectivity index (χ4n) is 3.58. The van der Waals surface area contributed by atoms with E-state index in [-0.39, 0.29) is 0 Å². The van der Waals surface area contributed by atoms with E-state index >= 15 is 0 Å². The van der Waals surface area contributed by atoms with Crippen LogP contribution in [-0.2, 0) is 19.5 Å². The molecule has 0 bridgehead atoms. The lowest BCUT2D eigenvalue weighted by Gasteiger charge is -2.24. The smallest absolute Gasteiger partial charge is 0.191 e. The summed E-state index contributed by atoms with van der Waals surface area (Å²) in [5.41, 5.74) is 2.55. The molecule has 7 nitrogen and oxygen atoms in total. The Hall–Kier alpha value is -2.57. The van der Waals surface area contributed by atoms with Crippen molar-refractivity contribution in [2.24, 2.45) is 4.99 Å². The number of benzene rings is 1. The van der Waals surface area contributed by atoms with E-state index in [2.05, 4.69) is 75.3 Å². The average Bonchev–Trinajstić information content (AvgIpc) is 3.12. The highest BCUT2D eigenvalue weighted by atomic mass is 15.3. The molecule has 1 aliphatic rings. The Bertz CT molecular complexity index is 781. The van der Waals surface area contributed by atoms with E-state index in [1.165, 1.54) is 24.1 Å². The Morgan fingerprint density at radius 3 is 2.89 bits per heavy atom. The van der Waals surface area contributed by atoms with Crippen LogP contribution in [0.5, 0.6) is 0 Å². The highest BCUT2D eigenvalue weighted by Crippen LogP contribution is 2.15. The van der Waals surface area contributed by atoms with Crippen LogP contribution in [0.3, 0.4) is 0 Å². The maximum atomic E-state index is 4.73. The van der Waals surface area contributed by atoms with Crippen molar-refractivity contribution in [1.29, 1.82) is 0 Å². The van der Waals surface area contributed by atoms with E-state index in [0.717, 1.165) is 56.8 Å². The van der Waals surface area contributed by atoms with Gasteiger partial charge in [-0.05, 0) is 51.3 Å². The van der Waals surface area contributed by atoms with Gasteiger partial charge in [-0.15, -0.1) is 10.2 Å². The summed E-state index contributed by atoms with van der Waals surface area (Å²) < 4.78 is 2.23.